The Bertz CT molecular complexity index is 193. The number of hydrogen-bond donors (Lipinski definition) is 4. The second kappa shape index (κ2) is 8.43. The molecule has 0 bridgehead atoms. The second-order valence-electron chi connectivity index (χ2n) is 1.74. The van der Waals surface area contributed by atoms with Crippen LogP contribution in [0, 0.1) is 5.41 Å². The minimum Gasteiger partial charge on any atom is -0.460 e. The van der Waals surface area contributed by atoms with Crippen LogP contribution < -0.4 is 5.73 Å². The molecule has 0 aliphatic heterocycles. The first kappa shape index (κ1) is 16.5. The molecule has 0 heterocycles. The number of alkyl halides is 3. The third-order valence-corrected chi connectivity index (χ3v) is 1.02. The number of nitrogens with two attached hydrogens (primary N) is 1. The number of carbonyl (C=O) groups is 1. The fourth-order valence-corrected chi connectivity index (χ4v) is 0.384. The third kappa shape index (κ3) is 14.6. The van der Waals surface area contributed by atoms with Gasteiger partial charge >= 0.3 is 5.97 Å². The van der Waals surface area contributed by atoms with E-state index in [4.69, 9.17) is 45.3 Å². The fraction of sp³-hybridized carbons (Fsp3) is 0.600. The third-order valence-electron chi connectivity index (χ3n) is 0.556. The van der Waals surface area contributed by atoms with Crippen LogP contribution in [0.3, 0.4) is 0 Å². The lowest BCUT2D eigenvalue weighted by Gasteiger charge is -2.08. The number of carbonyl (C=O) groups excluding carboxylic acids is 1. The summed E-state index contributed by atoms with van der Waals surface area (Å²) >= 11 is 18.6. The number of ether oxygens (including phenoxy) is 1. The van der Waals surface area contributed by atoms with E-state index < -0.39 is 9.76 Å². The number of thiol groups is 1. The summed E-state index contributed by atoms with van der Waals surface area (Å²) in [7, 11) is 0. The van der Waals surface area contributed by atoms with Crippen LogP contribution >= 0.6 is 47.4 Å². The van der Waals surface area contributed by atoms with Crippen LogP contribution in [0.5, 0.6) is 0 Å². The van der Waals surface area contributed by atoms with Crippen LogP contribution in [0.4, 0.5) is 0 Å². The number of halogens is 3. The molecule has 0 aromatic rings. The van der Waals surface area contributed by atoms with Crippen molar-refractivity contribution >= 4 is 58.6 Å². The molecule has 0 saturated carbocycles. The van der Waals surface area contributed by atoms with E-state index in [9.17, 15) is 4.79 Å². The molecule has 9 heteroatoms. The molecular weight excluding hydrogens is 274 g/mol. The van der Waals surface area contributed by atoms with Crippen molar-refractivity contribution in [2.75, 3.05) is 13.2 Å². The number of esters is 1. The van der Waals surface area contributed by atoms with Crippen LogP contribution in [0.25, 0.3) is 0 Å². The maximum atomic E-state index is 10.5. The zero-order valence-electron chi connectivity index (χ0n) is 6.84. The van der Waals surface area contributed by atoms with Crippen molar-refractivity contribution in [1.29, 1.82) is 5.41 Å². The van der Waals surface area contributed by atoms with Gasteiger partial charge in [-0.15, -0.1) is 12.6 Å². The number of aliphatic hydroxyl groups is 1. The summed E-state index contributed by atoms with van der Waals surface area (Å²) in [5, 5.41) is 14.2. The number of hydrogen-bond acceptors (Lipinski definition) is 4. The van der Waals surface area contributed by atoms with Crippen LogP contribution in [-0.4, -0.2) is 33.2 Å². The molecule has 0 aliphatic carbocycles. The smallest absolute Gasteiger partial charge is 0.358 e. The average molecular weight is 284 g/mol. The quantitative estimate of drug-likeness (QED) is 0.197. The Labute approximate surface area is 101 Å². The van der Waals surface area contributed by atoms with Crippen LogP contribution in [0.2, 0.25) is 0 Å². The average Bonchev–Trinajstić information content (AvgIpc) is 1.97. The Morgan fingerprint density at radius 2 is 1.93 bits per heavy atom. The van der Waals surface area contributed by atoms with Gasteiger partial charge in [-0.25, -0.2) is 4.79 Å². The highest BCUT2D eigenvalue weighted by Crippen LogP contribution is 2.27. The molecule has 0 rings (SSSR count). The molecule has 5 nitrogen and oxygen atoms in total. The first-order chi connectivity index (χ1) is 6.21. The lowest BCUT2D eigenvalue weighted by molar-refractivity contribution is -0.143. The molecule has 0 atom stereocenters. The van der Waals surface area contributed by atoms with Crippen molar-refractivity contribution in [3.05, 3.63) is 0 Å². The zero-order valence-corrected chi connectivity index (χ0v) is 10.00. The molecule has 0 saturated heterocycles. The molecule has 0 aromatic heterocycles. The highest BCUT2D eigenvalue weighted by Gasteiger charge is 2.32. The van der Waals surface area contributed by atoms with Gasteiger partial charge in [0.05, 0.1) is 6.61 Å². The molecule has 0 aromatic carbocycles. The topological polar surface area (TPSA) is 96.4 Å². The van der Waals surface area contributed by atoms with Gasteiger partial charge in [0.1, 0.15) is 11.8 Å². The standard InChI is InChI=1S/C4H5Cl3O3.CH4N2S/c5-4(6,7)3(9)10-2-1-8;2-1(3)4/h8H,1-2H2;(H4,2,3,4). The summed E-state index contributed by atoms with van der Waals surface area (Å²) in [6.07, 6.45) is 0. The molecule has 14 heavy (non-hydrogen) atoms. The van der Waals surface area contributed by atoms with Gasteiger partial charge < -0.3 is 15.6 Å². The Balaban J connectivity index is 0. The Hall–Kier alpha value is 0.120. The SMILES string of the molecule is N=C(N)S.O=C(OCCO)C(Cl)(Cl)Cl. The summed E-state index contributed by atoms with van der Waals surface area (Å²) in [5.41, 5.74) is 4.56. The lowest BCUT2D eigenvalue weighted by Crippen LogP contribution is -2.23. The van der Waals surface area contributed by atoms with Crippen LogP contribution in [0.1, 0.15) is 0 Å². The molecule has 0 fully saturated rings. The number of rotatable bonds is 2. The summed E-state index contributed by atoms with van der Waals surface area (Å²) in [5.74, 6) is -0.980. The molecular formula is C5H9Cl3N2O3S. The minimum atomic E-state index is -2.05. The summed E-state index contributed by atoms with van der Waals surface area (Å²) in [4.78, 5) is 10.5. The van der Waals surface area contributed by atoms with Crippen molar-refractivity contribution < 1.29 is 14.6 Å². The first-order valence-corrected chi connectivity index (χ1v) is 4.67. The number of nitrogens with one attached hydrogen (secondary N) is 1. The van der Waals surface area contributed by atoms with Gasteiger partial charge in [-0.1, -0.05) is 34.8 Å². The number of amidine groups is 1. The van der Waals surface area contributed by atoms with Crippen LogP contribution in [-0.2, 0) is 9.53 Å². The summed E-state index contributed by atoms with van der Waals surface area (Å²) in [6, 6.07) is 0. The highest BCUT2D eigenvalue weighted by molar-refractivity contribution is 7.96. The van der Waals surface area contributed by atoms with Crippen molar-refractivity contribution in [2.24, 2.45) is 5.73 Å². The van der Waals surface area contributed by atoms with Gasteiger partial charge in [-0.3, -0.25) is 5.41 Å². The monoisotopic (exact) mass is 282 g/mol. The van der Waals surface area contributed by atoms with Gasteiger partial charge in [-0.2, -0.15) is 0 Å². The molecule has 0 spiro atoms. The largest absolute Gasteiger partial charge is 0.460 e. The summed E-state index contributed by atoms with van der Waals surface area (Å²) < 4.78 is 2.22. The predicted octanol–water partition coefficient (Wildman–Crippen LogP) is 0.702. The van der Waals surface area contributed by atoms with Gasteiger partial charge in [-0.05, 0) is 0 Å². The fourth-order valence-electron chi connectivity index (χ4n) is 0.220. The van der Waals surface area contributed by atoms with Gasteiger partial charge in [0.2, 0.25) is 0 Å². The normalized spacial score (nSPS) is 9.79. The van der Waals surface area contributed by atoms with E-state index in [1.54, 1.807) is 0 Å². The van der Waals surface area contributed by atoms with E-state index in [0.717, 1.165) is 0 Å². The Morgan fingerprint density at radius 3 is 2.14 bits per heavy atom. The van der Waals surface area contributed by atoms with E-state index >= 15 is 0 Å². The molecule has 84 valence electrons. The molecule has 0 amide bonds. The van der Waals surface area contributed by atoms with Crippen molar-refractivity contribution in [1.82, 2.24) is 0 Å². The van der Waals surface area contributed by atoms with E-state index in [-0.39, 0.29) is 18.4 Å². The van der Waals surface area contributed by atoms with Gasteiger partial charge in [0.15, 0.2) is 0 Å². The molecule has 0 unspecified atom stereocenters. The van der Waals surface area contributed by atoms with Crippen molar-refractivity contribution in [3.8, 4) is 0 Å². The molecule has 0 radical (unpaired) electrons. The maximum Gasteiger partial charge on any atom is 0.358 e. The highest BCUT2D eigenvalue weighted by atomic mass is 35.6. The Morgan fingerprint density at radius 1 is 1.57 bits per heavy atom. The summed E-state index contributed by atoms with van der Waals surface area (Å²) in [6.45, 7) is -0.445. The van der Waals surface area contributed by atoms with E-state index in [0.29, 0.717) is 0 Å². The van der Waals surface area contributed by atoms with Crippen molar-refractivity contribution in [3.63, 3.8) is 0 Å². The van der Waals surface area contributed by atoms with E-state index in [1.807, 2.05) is 0 Å². The van der Waals surface area contributed by atoms with E-state index in [1.165, 1.54) is 0 Å². The molecule has 4 N–H and O–H groups in total. The maximum absolute atomic E-state index is 10.5. The first-order valence-electron chi connectivity index (χ1n) is 3.09. The van der Waals surface area contributed by atoms with Gasteiger partial charge in [0, 0.05) is 0 Å². The Kier molecular flexibility index (Phi) is 9.96. The predicted molar refractivity (Wildman–Crippen MR) is 59.2 cm³/mol. The second-order valence-corrected chi connectivity index (χ2v) is 4.51. The number of aliphatic hydroxyl groups excluding tert-OH is 1. The van der Waals surface area contributed by atoms with Crippen molar-refractivity contribution in [2.45, 2.75) is 3.79 Å². The van der Waals surface area contributed by atoms with E-state index in [2.05, 4.69) is 23.1 Å². The molecule has 0 aliphatic rings. The van der Waals surface area contributed by atoms with Gasteiger partial charge in [0.25, 0.3) is 3.79 Å². The van der Waals surface area contributed by atoms with Crippen LogP contribution in [0.15, 0.2) is 0 Å². The minimum absolute atomic E-state index is 0.139. The zero-order chi connectivity index (χ0) is 11.8. The lowest BCUT2D eigenvalue weighted by atomic mass is 10.7.